The number of anilines is 1. The summed E-state index contributed by atoms with van der Waals surface area (Å²) in [7, 11) is 0. The highest BCUT2D eigenvalue weighted by Crippen LogP contribution is 2.39. The molecule has 0 atom stereocenters. The third kappa shape index (κ3) is 14.1. The number of hydrogen-bond donors (Lipinski definition) is 2. The summed E-state index contributed by atoms with van der Waals surface area (Å²) in [5, 5.41) is 11.5. The van der Waals surface area contributed by atoms with Gasteiger partial charge in [-0.3, -0.25) is 14.4 Å². The number of nitrogens with one attached hydrogen (secondary N) is 2. The maximum absolute atomic E-state index is 14.1. The predicted molar refractivity (Wildman–Crippen MR) is 197 cm³/mol. The van der Waals surface area contributed by atoms with Gasteiger partial charge in [-0.05, 0) is 60.4 Å². The Morgan fingerprint density at radius 1 is 0.704 bits per heavy atom. The van der Waals surface area contributed by atoms with Gasteiger partial charge in [0.05, 0.1) is 59.0 Å². The van der Waals surface area contributed by atoms with Crippen LogP contribution in [0.5, 0.6) is 0 Å². The highest BCUT2D eigenvalue weighted by molar-refractivity contribution is 5.90. The number of amides is 2. The molecule has 4 rings (SSSR count). The van der Waals surface area contributed by atoms with Crippen LogP contribution in [0.3, 0.4) is 0 Å². The van der Waals surface area contributed by atoms with Crippen molar-refractivity contribution in [3.63, 3.8) is 0 Å². The topological polar surface area (TPSA) is 135 Å². The number of unbranched alkanes of at least 4 members (excludes halogenated alkanes) is 3. The number of rotatable bonds is 26. The fraction of sp³-hybridized carbons (Fsp3) is 0.400. The Balaban J connectivity index is 1.31. The SMILES string of the molecule is C#CCOCCOCCOCCOCCn1cc(C(ONC(=O)CCCCCCC(=O)Nc2ccccc2)(c2ccc(F)cc2)c2ccc(F)cc2)nn1. The summed E-state index contributed by atoms with van der Waals surface area (Å²) >= 11 is 0. The van der Waals surface area contributed by atoms with Crippen molar-refractivity contribution in [3.8, 4) is 12.3 Å². The van der Waals surface area contributed by atoms with Crippen LogP contribution in [-0.2, 0) is 45.5 Å². The Hall–Kier alpha value is -5.04. The van der Waals surface area contributed by atoms with Gasteiger partial charge in [0.15, 0.2) is 5.60 Å². The van der Waals surface area contributed by atoms with Gasteiger partial charge in [-0.25, -0.2) is 18.9 Å². The number of hydrogen-bond acceptors (Lipinski definition) is 9. The van der Waals surface area contributed by atoms with E-state index in [9.17, 15) is 18.4 Å². The first kappa shape index (κ1) is 41.7. The van der Waals surface area contributed by atoms with Crippen LogP contribution in [0.15, 0.2) is 85.1 Å². The highest BCUT2D eigenvalue weighted by Gasteiger charge is 2.42. The summed E-state index contributed by atoms with van der Waals surface area (Å²) in [5.74, 6) is 0.984. The highest BCUT2D eigenvalue weighted by atomic mass is 19.1. The number of para-hydroxylation sites is 1. The second-order valence-corrected chi connectivity index (χ2v) is 12.1. The monoisotopic (exact) mass is 747 g/mol. The molecule has 0 fully saturated rings. The van der Waals surface area contributed by atoms with Crippen LogP contribution in [0, 0.1) is 24.0 Å². The molecule has 54 heavy (non-hydrogen) atoms. The number of ether oxygens (including phenoxy) is 4. The molecule has 0 spiro atoms. The number of benzene rings is 3. The molecule has 0 bridgehead atoms. The average molecular weight is 748 g/mol. The van der Waals surface area contributed by atoms with Gasteiger partial charge < -0.3 is 24.3 Å². The average Bonchev–Trinajstić information content (AvgIpc) is 3.66. The predicted octanol–water partition coefficient (Wildman–Crippen LogP) is 5.57. The van der Waals surface area contributed by atoms with Gasteiger partial charge in [-0.2, -0.15) is 0 Å². The molecule has 0 saturated carbocycles. The Labute approximate surface area is 314 Å². The second kappa shape index (κ2) is 23.6. The summed E-state index contributed by atoms with van der Waals surface area (Å²) in [6.07, 6.45) is 10.0. The first-order valence-electron chi connectivity index (χ1n) is 17.9. The first-order valence-corrected chi connectivity index (χ1v) is 17.9. The minimum absolute atomic E-state index is 0.0579. The van der Waals surface area contributed by atoms with E-state index < -0.39 is 23.1 Å². The molecule has 0 saturated heterocycles. The van der Waals surface area contributed by atoms with Crippen LogP contribution < -0.4 is 10.8 Å². The van der Waals surface area contributed by atoms with Crippen molar-refractivity contribution in [2.24, 2.45) is 0 Å². The van der Waals surface area contributed by atoms with E-state index >= 15 is 0 Å². The summed E-state index contributed by atoms with van der Waals surface area (Å²) in [6.45, 7) is 3.29. The van der Waals surface area contributed by atoms with E-state index in [4.69, 9.17) is 30.2 Å². The number of aromatic nitrogens is 3. The molecule has 0 aliphatic rings. The number of terminal acetylenes is 1. The maximum Gasteiger partial charge on any atom is 0.243 e. The van der Waals surface area contributed by atoms with Gasteiger partial charge in [-0.1, -0.05) is 66.4 Å². The Bertz CT molecular complexity index is 1670. The molecule has 14 heteroatoms. The van der Waals surface area contributed by atoms with Crippen molar-refractivity contribution in [2.45, 2.75) is 50.7 Å². The first-order chi connectivity index (χ1) is 26.4. The van der Waals surface area contributed by atoms with E-state index in [1.165, 1.54) is 48.5 Å². The van der Waals surface area contributed by atoms with E-state index in [1.807, 2.05) is 30.3 Å². The van der Waals surface area contributed by atoms with Crippen molar-refractivity contribution in [1.29, 1.82) is 0 Å². The summed E-state index contributed by atoms with van der Waals surface area (Å²) in [4.78, 5) is 31.5. The standard InChI is InChI=1S/C40H47F2N5O7/c1-2-23-50-25-27-52-29-30-53-28-26-51-24-22-47-31-37(44-46-47)40(32-14-18-34(41)19-15-32,33-16-20-35(42)21-17-33)54-45-39(49)13-9-4-3-8-12-38(48)43-36-10-6-5-7-11-36/h1,5-7,10-11,14-21,31H,3-4,8-9,12-13,22-30H2,(H,43,48)(H,45,49). The fourth-order valence-corrected chi connectivity index (χ4v) is 5.37. The molecule has 0 aliphatic heterocycles. The molecule has 0 radical (unpaired) electrons. The van der Waals surface area contributed by atoms with Crippen LogP contribution in [0.25, 0.3) is 0 Å². The lowest BCUT2D eigenvalue weighted by atomic mass is 9.83. The van der Waals surface area contributed by atoms with Gasteiger partial charge >= 0.3 is 0 Å². The lowest BCUT2D eigenvalue weighted by molar-refractivity contribution is -0.144. The van der Waals surface area contributed by atoms with Crippen molar-refractivity contribution >= 4 is 17.5 Å². The molecule has 1 aromatic heterocycles. The maximum atomic E-state index is 14.1. The van der Waals surface area contributed by atoms with E-state index in [0.29, 0.717) is 83.2 Å². The molecule has 12 nitrogen and oxygen atoms in total. The summed E-state index contributed by atoms with van der Waals surface area (Å²) < 4.78 is 51.5. The lowest BCUT2D eigenvalue weighted by Crippen LogP contribution is -2.41. The minimum atomic E-state index is -1.62. The second-order valence-electron chi connectivity index (χ2n) is 12.1. The van der Waals surface area contributed by atoms with Crippen LogP contribution in [0.2, 0.25) is 0 Å². The molecular formula is C40H47F2N5O7. The molecule has 2 amide bonds. The van der Waals surface area contributed by atoms with Crippen LogP contribution >= 0.6 is 0 Å². The van der Waals surface area contributed by atoms with Crippen molar-refractivity contribution in [1.82, 2.24) is 20.5 Å². The van der Waals surface area contributed by atoms with E-state index in [2.05, 4.69) is 27.0 Å². The molecule has 2 N–H and O–H groups in total. The van der Waals surface area contributed by atoms with Crippen LogP contribution in [0.1, 0.15) is 55.3 Å². The minimum Gasteiger partial charge on any atom is -0.377 e. The van der Waals surface area contributed by atoms with Gasteiger partial charge in [0, 0.05) is 18.5 Å². The molecule has 1 heterocycles. The Kier molecular flexibility index (Phi) is 18.2. The molecule has 4 aromatic rings. The summed E-state index contributed by atoms with van der Waals surface area (Å²) in [5.41, 5.74) is 2.81. The van der Waals surface area contributed by atoms with E-state index in [0.717, 1.165) is 18.5 Å². The zero-order valence-corrected chi connectivity index (χ0v) is 30.2. The smallest absolute Gasteiger partial charge is 0.243 e. The van der Waals surface area contributed by atoms with Crippen molar-refractivity contribution < 1.29 is 42.2 Å². The Morgan fingerprint density at radius 2 is 1.24 bits per heavy atom. The van der Waals surface area contributed by atoms with Gasteiger partial charge in [0.25, 0.3) is 0 Å². The third-order valence-corrected chi connectivity index (χ3v) is 8.10. The number of carbonyl (C=O) groups is 2. The van der Waals surface area contributed by atoms with E-state index in [-0.39, 0.29) is 24.6 Å². The molecule has 3 aromatic carbocycles. The largest absolute Gasteiger partial charge is 0.377 e. The lowest BCUT2D eigenvalue weighted by Gasteiger charge is -2.32. The zero-order chi connectivity index (χ0) is 38.3. The van der Waals surface area contributed by atoms with Crippen LogP contribution in [0.4, 0.5) is 14.5 Å². The molecule has 288 valence electrons. The number of carbonyl (C=O) groups excluding carboxylic acids is 2. The van der Waals surface area contributed by atoms with Gasteiger partial charge in [0.1, 0.15) is 23.9 Å². The van der Waals surface area contributed by atoms with Gasteiger partial charge in [0.2, 0.25) is 11.8 Å². The number of halogens is 2. The van der Waals surface area contributed by atoms with Gasteiger partial charge in [-0.15, -0.1) is 11.5 Å². The van der Waals surface area contributed by atoms with Crippen molar-refractivity contribution in [3.05, 3.63) is 114 Å². The zero-order valence-electron chi connectivity index (χ0n) is 30.2. The van der Waals surface area contributed by atoms with Crippen LogP contribution in [-0.4, -0.2) is 79.7 Å². The molecule has 0 unspecified atom stereocenters. The van der Waals surface area contributed by atoms with E-state index in [1.54, 1.807) is 10.9 Å². The summed E-state index contributed by atoms with van der Waals surface area (Å²) in [6, 6.07) is 20.4. The normalized spacial score (nSPS) is 11.3. The molecular weight excluding hydrogens is 700 g/mol. The Morgan fingerprint density at radius 3 is 1.81 bits per heavy atom. The quantitative estimate of drug-likeness (QED) is 0.0480. The number of hydroxylamine groups is 1. The number of nitrogens with zero attached hydrogens (tertiary/aromatic N) is 3. The molecule has 0 aliphatic carbocycles. The third-order valence-electron chi connectivity index (χ3n) is 8.10. The fourth-order valence-electron chi connectivity index (χ4n) is 5.37. The van der Waals surface area contributed by atoms with Crippen molar-refractivity contribution in [2.75, 3.05) is 58.2 Å².